The lowest BCUT2D eigenvalue weighted by Gasteiger charge is -2.26. The molecule has 1 unspecified atom stereocenters. The van der Waals surface area contributed by atoms with E-state index in [0.717, 1.165) is 11.1 Å². The molecule has 0 amide bonds. The molecule has 2 heterocycles. The Bertz CT molecular complexity index is 1630. The molecule has 8 nitrogen and oxygen atoms in total. The van der Waals surface area contributed by atoms with Crippen molar-refractivity contribution >= 4 is 17.9 Å². The summed E-state index contributed by atoms with van der Waals surface area (Å²) in [5, 5.41) is 9.88. The van der Waals surface area contributed by atoms with Gasteiger partial charge in [0.1, 0.15) is 23.0 Å². The molecule has 0 saturated carbocycles. The summed E-state index contributed by atoms with van der Waals surface area (Å²) in [6.45, 7) is 4.22. The highest BCUT2D eigenvalue weighted by atomic mass is 16.6. The third kappa shape index (κ3) is 4.41. The van der Waals surface area contributed by atoms with E-state index in [2.05, 4.69) is 18.6 Å². The van der Waals surface area contributed by atoms with Crippen LogP contribution in [0.2, 0.25) is 0 Å². The summed E-state index contributed by atoms with van der Waals surface area (Å²) in [6.07, 6.45) is -1.28. The molecular weight excluding hydrogens is 500 g/mol. The molecule has 4 aromatic rings. The lowest BCUT2D eigenvalue weighted by atomic mass is 9.78. The number of carbonyl (C=O) groups is 3. The first-order chi connectivity index (χ1) is 18.7. The van der Waals surface area contributed by atoms with Gasteiger partial charge in [0.2, 0.25) is 6.29 Å². The molecular formula is C31H22O8. The van der Waals surface area contributed by atoms with Gasteiger partial charge in [0.05, 0.1) is 16.7 Å². The first-order valence-electron chi connectivity index (χ1n) is 12.2. The Kier molecular flexibility index (Phi) is 5.70. The molecule has 2 aliphatic rings. The van der Waals surface area contributed by atoms with E-state index in [4.69, 9.17) is 14.2 Å². The fraction of sp³-hybridized carbons (Fsp3) is 0.129. The topological polar surface area (TPSA) is 108 Å². The van der Waals surface area contributed by atoms with E-state index in [-0.39, 0.29) is 16.5 Å². The summed E-state index contributed by atoms with van der Waals surface area (Å²) >= 11 is 0. The molecule has 0 spiro atoms. The molecule has 0 radical (unpaired) electrons. The quantitative estimate of drug-likeness (QED) is 0.240. The van der Waals surface area contributed by atoms with Crippen LogP contribution >= 0.6 is 0 Å². The monoisotopic (exact) mass is 522 g/mol. The van der Waals surface area contributed by atoms with Crippen molar-refractivity contribution in [2.75, 3.05) is 0 Å². The van der Waals surface area contributed by atoms with E-state index in [1.807, 2.05) is 48.5 Å². The van der Waals surface area contributed by atoms with Crippen molar-refractivity contribution in [3.63, 3.8) is 0 Å². The van der Waals surface area contributed by atoms with Gasteiger partial charge in [0.15, 0.2) is 0 Å². The summed E-state index contributed by atoms with van der Waals surface area (Å²) in [5.74, 6) is 0.235. The van der Waals surface area contributed by atoms with E-state index in [1.54, 1.807) is 24.3 Å². The lowest BCUT2D eigenvalue weighted by Crippen LogP contribution is -2.18. The molecule has 6 rings (SSSR count). The van der Waals surface area contributed by atoms with Crippen LogP contribution in [-0.2, 0) is 14.9 Å². The van der Waals surface area contributed by atoms with Crippen LogP contribution in [0.1, 0.15) is 67.9 Å². The zero-order chi connectivity index (χ0) is 27.3. The van der Waals surface area contributed by atoms with Gasteiger partial charge in [-0.2, -0.15) is 0 Å². The molecule has 1 atom stereocenters. The van der Waals surface area contributed by atoms with E-state index < -0.39 is 24.2 Å². The van der Waals surface area contributed by atoms with Gasteiger partial charge in [-0.1, -0.05) is 38.1 Å². The molecule has 0 bridgehead atoms. The standard InChI is InChI=1S/C31H22O8/c1-31(2,17-3-7-19(8-4-17)36-21-11-13-23-25(15-21)29(34)38-27(23)32)18-5-9-20(10-6-18)37-22-12-14-24-26(16-22)30(35)39-28(24)33/h3-16,29,34H,1-2H3. The van der Waals surface area contributed by atoms with Crippen LogP contribution in [0.4, 0.5) is 0 Å². The second-order valence-corrected chi connectivity index (χ2v) is 9.77. The minimum absolute atomic E-state index is 0.195. The molecule has 194 valence electrons. The number of hydrogen-bond acceptors (Lipinski definition) is 8. The number of aliphatic hydroxyl groups is 1. The minimum atomic E-state index is -1.28. The number of ether oxygens (including phenoxy) is 4. The lowest BCUT2D eigenvalue weighted by molar-refractivity contribution is -0.0548. The molecule has 8 heteroatoms. The van der Waals surface area contributed by atoms with E-state index >= 15 is 0 Å². The van der Waals surface area contributed by atoms with Crippen molar-refractivity contribution in [1.82, 2.24) is 0 Å². The normalized spacial score (nSPS) is 15.9. The average Bonchev–Trinajstić information content (AvgIpc) is 3.37. The molecule has 4 aromatic carbocycles. The zero-order valence-electron chi connectivity index (χ0n) is 21.0. The molecule has 1 N–H and O–H groups in total. The summed E-state index contributed by atoms with van der Waals surface area (Å²) in [6, 6.07) is 24.8. The van der Waals surface area contributed by atoms with E-state index in [1.165, 1.54) is 12.1 Å². The molecule has 0 fully saturated rings. The number of benzene rings is 4. The first-order valence-corrected chi connectivity index (χ1v) is 12.2. The van der Waals surface area contributed by atoms with Crippen molar-refractivity contribution in [1.29, 1.82) is 0 Å². The van der Waals surface area contributed by atoms with Gasteiger partial charge in [-0.05, 0) is 71.8 Å². The predicted molar refractivity (Wildman–Crippen MR) is 138 cm³/mol. The van der Waals surface area contributed by atoms with E-state index in [0.29, 0.717) is 34.1 Å². The summed E-state index contributed by atoms with van der Waals surface area (Å²) in [5.41, 5.74) is 2.94. The molecule has 2 aliphatic heterocycles. The van der Waals surface area contributed by atoms with Gasteiger partial charge < -0.3 is 24.1 Å². The van der Waals surface area contributed by atoms with Gasteiger partial charge in [0.25, 0.3) is 0 Å². The Morgan fingerprint density at radius 3 is 1.69 bits per heavy atom. The van der Waals surface area contributed by atoms with Crippen LogP contribution in [0.15, 0.2) is 84.9 Å². The SMILES string of the molecule is CC(C)(c1ccc(Oc2ccc3c(c2)C(=O)OC3=O)cc1)c1ccc(Oc2ccc3c(c2)C(O)OC3=O)cc1. The fourth-order valence-electron chi connectivity index (χ4n) is 4.67. The largest absolute Gasteiger partial charge is 0.457 e. The highest BCUT2D eigenvalue weighted by Gasteiger charge is 2.31. The smallest absolute Gasteiger partial charge is 0.347 e. The number of aliphatic hydroxyl groups excluding tert-OH is 1. The number of cyclic esters (lactones) is 3. The predicted octanol–water partition coefficient (Wildman–Crippen LogP) is 6.07. The maximum atomic E-state index is 11.8. The molecule has 39 heavy (non-hydrogen) atoms. The van der Waals surface area contributed by atoms with Crippen LogP contribution in [0.3, 0.4) is 0 Å². The maximum absolute atomic E-state index is 11.8. The van der Waals surface area contributed by atoms with Crippen LogP contribution in [0, 0.1) is 0 Å². The van der Waals surface area contributed by atoms with E-state index in [9.17, 15) is 19.5 Å². The Balaban J connectivity index is 1.15. The minimum Gasteiger partial charge on any atom is -0.457 e. The number of carbonyl (C=O) groups excluding carboxylic acids is 3. The number of rotatable bonds is 6. The Morgan fingerprint density at radius 2 is 1.10 bits per heavy atom. The Hall–Kier alpha value is -4.95. The highest BCUT2D eigenvalue weighted by molar-refractivity contribution is 6.14. The van der Waals surface area contributed by atoms with Gasteiger partial charge in [0, 0.05) is 11.0 Å². The van der Waals surface area contributed by atoms with Crippen LogP contribution in [0.25, 0.3) is 0 Å². The Labute approximate surface area is 223 Å². The van der Waals surface area contributed by atoms with Crippen molar-refractivity contribution in [3.05, 3.63) is 118 Å². The van der Waals surface area contributed by atoms with Crippen LogP contribution < -0.4 is 9.47 Å². The number of hydrogen-bond donors (Lipinski definition) is 1. The third-order valence-corrected chi connectivity index (χ3v) is 6.97. The summed E-state index contributed by atoms with van der Waals surface area (Å²) in [7, 11) is 0. The fourth-order valence-corrected chi connectivity index (χ4v) is 4.67. The van der Waals surface area contributed by atoms with Gasteiger partial charge in [-0.25, -0.2) is 14.4 Å². The average molecular weight is 523 g/mol. The van der Waals surface area contributed by atoms with Gasteiger partial charge >= 0.3 is 17.9 Å². The van der Waals surface area contributed by atoms with Crippen molar-refractivity contribution in [2.45, 2.75) is 25.6 Å². The highest BCUT2D eigenvalue weighted by Crippen LogP contribution is 2.36. The van der Waals surface area contributed by atoms with Crippen LogP contribution in [0.5, 0.6) is 23.0 Å². The van der Waals surface area contributed by atoms with Crippen molar-refractivity contribution in [3.8, 4) is 23.0 Å². The molecule has 0 saturated heterocycles. The Morgan fingerprint density at radius 1 is 0.615 bits per heavy atom. The summed E-state index contributed by atoms with van der Waals surface area (Å²) in [4.78, 5) is 35.2. The number of esters is 3. The van der Waals surface area contributed by atoms with Gasteiger partial charge in [-0.3, -0.25) is 0 Å². The maximum Gasteiger partial charge on any atom is 0.347 e. The van der Waals surface area contributed by atoms with Gasteiger partial charge in [-0.15, -0.1) is 0 Å². The van der Waals surface area contributed by atoms with Crippen LogP contribution in [-0.4, -0.2) is 23.0 Å². The second kappa shape index (κ2) is 9.11. The molecule has 0 aliphatic carbocycles. The summed E-state index contributed by atoms with van der Waals surface area (Å²) < 4.78 is 21.3. The first kappa shape index (κ1) is 24.4. The second-order valence-electron chi connectivity index (χ2n) is 9.77. The molecule has 0 aromatic heterocycles. The third-order valence-electron chi connectivity index (χ3n) is 6.97. The van der Waals surface area contributed by atoms with Crippen molar-refractivity contribution < 1.29 is 38.4 Å². The number of fused-ring (bicyclic) bond motifs is 2. The zero-order valence-corrected chi connectivity index (χ0v) is 21.0. The van der Waals surface area contributed by atoms with Crippen molar-refractivity contribution in [2.24, 2.45) is 0 Å².